The molecule has 0 N–H and O–H groups in total. The maximum Gasteiger partial charge on any atom is 0.240 e. The second kappa shape index (κ2) is 22.1. The molecule has 0 fully saturated rings. The molecular formula is C81H57N5Si2. The van der Waals surface area contributed by atoms with Crippen molar-refractivity contribution in [3.8, 4) is 45.5 Å². The Kier molecular flexibility index (Phi) is 5.01. The number of hydrogen-bond donors (Lipinski definition) is 0. The molecule has 0 bridgehead atoms. The number of hydrogen-bond acceptors (Lipinski definition) is 3. The minimum Gasteiger partial charge on any atom is -0.278 e. The molecule has 0 aliphatic rings. The van der Waals surface area contributed by atoms with E-state index < -0.39 is 491 Å². The van der Waals surface area contributed by atoms with Crippen LogP contribution in [0.1, 0.15) is 78.1 Å². The fraction of sp³-hybridized carbons (Fsp3) is 0. The summed E-state index contributed by atoms with van der Waals surface area (Å²) in [6, 6.07) is -89.6. The quantitative estimate of drug-likeness (QED) is 0.0854. The van der Waals surface area contributed by atoms with E-state index in [0.29, 0.717) is 9.13 Å². The molecule has 0 atom stereocenters. The summed E-state index contributed by atoms with van der Waals surface area (Å²) in [5.74, 6) is -5.04. The Morgan fingerprint density at radius 2 is 0.477 bits per heavy atom. The molecule has 3 heterocycles. The van der Waals surface area contributed by atoms with E-state index in [1.54, 1.807) is 0 Å². The highest BCUT2D eigenvalue weighted by Crippen LogP contribution is 2.35. The van der Waals surface area contributed by atoms with Crippen LogP contribution >= 0.6 is 0 Å². The average Bonchev–Trinajstić information content (AvgIpc) is 1.34. The zero-order chi connectivity index (χ0) is 108. The van der Waals surface area contributed by atoms with Gasteiger partial charge < -0.3 is 0 Å². The molecule has 16 rings (SSSR count). The van der Waals surface area contributed by atoms with E-state index >= 15 is 0 Å². The van der Waals surface area contributed by atoms with Crippen molar-refractivity contribution in [2.24, 2.45) is 0 Å². The number of benzene rings is 13. The minimum absolute atomic E-state index is 0.354. The van der Waals surface area contributed by atoms with Gasteiger partial charge in [0.2, 0.25) is 11.9 Å². The second-order valence-corrected chi connectivity index (χ2v) is 25.3. The molecule has 13 aromatic carbocycles. The fourth-order valence-electron chi connectivity index (χ4n) is 10.2. The monoisotopic (exact) mass is 1210 g/mol. The van der Waals surface area contributed by atoms with E-state index in [1.165, 1.54) is 0 Å². The van der Waals surface area contributed by atoms with E-state index in [-0.39, 0.29) is 0 Å². The largest absolute Gasteiger partial charge is 0.278 e. The Balaban J connectivity index is 1.40. The molecule has 3 aromatic heterocycles. The van der Waals surface area contributed by atoms with Gasteiger partial charge in [-0.05, 0) is 87.9 Å². The Morgan fingerprint density at radius 3 is 0.807 bits per heavy atom. The van der Waals surface area contributed by atoms with Gasteiger partial charge in [-0.25, -0.2) is 0 Å². The summed E-state index contributed by atoms with van der Waals surface area (Å²) in [4.78, 5) is 14.1. The summed E-state index contributed by atoms with van der Waals surface area (Å²) >= 11 is 0. The maximum atomic E-state index is 12.2. The Labute approximate surface area is 593 Å². The molecule has 16 aromatic rings. The van der Waals surface area contributed by atoms with E-state index in [1.807, 2.05) is 0 Å². The third-order valence-corrected chi connectivity index (χ3v) is 21.8. The predicted octanol–water partition coefficient (Wildman–Crippen LogP) is 13.8. The first-order valence-corrected chi connectivity index (χ1v) is 29.4. The summed E-state index contributed by atoms with van der Waals surface area (Å²) < 4.78 is 563. The lowest BCUT2D eigenvalue weighted by molar-refractivity contribution is 0.893. The van der Waals surface area contributed by atoms with Gasteiger partial charge in [0.05, 0.1) is 100 Å². The van der Waals surface area contributed by atoms with E-state index in [4.69, 9.17) is 23.7 Å². The van der Waals surface area contributed by atoms with Crippen LogP contribution < -0.4 is 41.5 Å². The van der Waals surface area contributed by atoms with Crippen molar-refractivity contribution in [2.75, 3.05) is 0 Å². The van der Waals surface area contributed by atoms with Crippen molar-refractivity contribution < 1.29 is 78.1 Å². The molecule has 5 nitrogen and oxygen atoms in total. The molecular weight excluding hydrogens is 1100 g/mol. The third kappa shape index (κ3) is 8.70. The molecule has 7 heteroatoms. The first-order chi connectivity index (χ1) is 67.3. The Bertz CT molecular complexity index is 7840. The zero-order valence-electron chi connectivity index (χ0n) is 101. The van der Waals surface area contributed by atoms with Crippen molar-refractivity contribution >= 4 is 101 Å². The molecule has 0 unspecified atom stereocenters. The second-order valence-electron chi connectivity index (χ2n) is 18.3. The van der Waals surface area contributed by atoms with E-state index in [2.05, 4.69) is 4.98 Å². The predicted molar refractivity (Wildman–Crippen MR) is 372 cm³/mol. The highest BCUT2D eigenvalue weighted by atomic mass is 28.3. The van der Waals surface area contributed by atoms with Crippen LogP contribution in [0.5, 0.6) is 0 Å². The summed E-state index contributed by atoms with van der Waals surface area (Å²) in [5, 5.41) is -19.1. The molecule has 0 aliphatic carbocycles. The van der Waals surface area contributed by atoms with Crippen molar-refractivity contribution in [3.63, 3.8) is 0 Å². The number of nitrogens with zero attached hydrogens (tertiary/aromatic N) is 5. The smallest absolute Gasteiger partial charge is 0.240 e. The normalized spacial score (nSPS) is 20.9. The van der Waals surface area contributed by atoms with Crippen molar-refractivity contribution in [3.05, 3.63) is 344 Å². The SMILES string of the molecule is [2H]c1c([2H])c([2H])c(-c2c([2H])c([2H])c([2H])c([Si](c3c([2H])c([2H])c([2H])c([2H])c3[2H])(c3c([2H])c([2H])c([2H])c([2H])c3[2H])c3c([2H])c(-c4nc(-n5c6c([2H])c([2H])c([2H])c([2H])c6c6c([2H])c([2H])c([2H])c([2H])c65)nc(-n5c6c([2H])c([2H])c([2H])c([2H])c6c6c([2H])c([2H])c([2H])c([2H])c65)n4)c([2H])c([Si](c4c([2H])c([2H])c([2H])c([2H])c4[2H])(c4c([2H])c([2H])c([2H])c([2H])c4[2H])c4c([2H])c([2H])c([2H])c(-c5c([2H])c([2H])c([2H])c([2H])c5[2H])c4[2H])c3[2H])c2[2H])c([2H])c1[2H]. The Hall–Kier alpha value is -11.1. The molecule has 0 amide bonds. The van der Waals surface area contributed by atoms with Gasteiger partial charge in [0.15, 0.2) is 22.0 Å². The molecule has 0 saturated carbocycles. The van der Waals surface area contributed by atoms with Gasteiger partial charge in [-0.3, -0.25) is 9.13 Å². The molecule has 0 aliphatic heterocycles. The van der Waals surface area contributed by atoms with Crippen LogP contribution in [0.25, 0.3) is 89.2 Å². The first kappa shape index (κ1) is 20.0. The van der Waals surface area contributed by atoms with Crippen LogP contribution in [0.2, 0.25) is 0 Å². The molecule has 0 radical (unpaired) electrons. The van der Waals surface area contributed by atoms with Crippen LogP contribution in [-0.2, 0) is 0 Å². The lowest BCUT2D eigenvalue weighted by Crippen LogP contribution is -2.78. The van der Waals surface area contributed by atoms with Crippen molar-refractivity contribution in [1.82, 2.24) is 24.1 Å². The first-order valence-electron chi connectivity index (χ1n) is 53.9. The van der Waals surface area contributed by atoms with Gasteiger partial charge >= 0.3 is 0 Å². The summed E-state index contributed by atoms with van der Waals surface area (Å²) in [7, 11) is -16.2. The van der Waals surface area contributed by atoms with Crippen LogP contribution in [-0.4, -0.2) is 40.2 Å². The molecule has 0 spiro atoms. The maximum absolute atomic E-state index is 12.2. The minimum atomic E-state index is -8.11. The molecule has 0 saturated heterocycles. The highest BCUT2D eigenvalue weighted by molar-refractivity contribution is 7.22. The van der Waals surface area contributed by atoms with Crippen molar-refractivity contribution in [1.29, 1.82) is 0 Å². The van der Waals surface area contributed by atoms with Gasteiger partial charge in [-0.2, -0.15) is 15.0 Å². The van der Waals surface area contributed by atoms with Gasteiger partial charge in [-0.1, -0.05) is 320 Å². The summed E-state index contributed by atoms with van der Waals surface area (Å²) in [6.45, 7) is 0. The van der Waals surface area contributed by atoms with Gasteiger partial charge in [0.25, 0.3) is 0 Å². The third-order valence-electron chi connectivity index (χ3n) is 13.8. The zero-order valence-corrected chi connectivity index (χ0v) is 45.7. The number of aromatic nitrogens is 5. The average molecular weight is 1210 g/mol. The lowest BCUT2D eigenvalue weighted by atomic mass is 10.1. The summed E-state index contributed by atoms with van der Waals surface area (Å²) in [6.07, 6.45) is 0. The van der Waals surface area contributed by atoms with Gasteiger partial charge in [-0.15, -0.1) is 0 Å². The Morgan fingerprint density at radius 1 is 0.216 bits per heavy atom. The van der Waals surface area contributed by atoms with Crippen LogP contribution in [0.15, 0.2) is 344 Å². The molecule has 88 heavy (non-hydrogen) atoms. The number of para-hydroxylation sites is 4. The lowest BCUT2D eigenvalue weighted by Gasteiger charge is -2.38. The van der Waals surface area contributed by atoms with E-state index in [9.17, 15) is 64.4 Å². The van der Waals surface area contributed by atoms with E-state index in [0.717, 1.165) is 0 Å². The fourth-order valence-corrected chi connectivity index (χ4v) is 17.7. The number of fused-ring (bicyclic) bond motifs is 6. The molecule has 414 valence electrons. The summed E-state index contributed by atoms with van der Waals surface area (Å²) in [5.41, 5.74) is -12.3. The van der Waals surface area contributed by atoms with Crippen LogP contribution in [0.3, 0.4) is 0 Å². The standard InChI is InChI=1S/C81H57N5Si2/c1-7-29-58(30-8-1)60-33-27-43-67(53-60)87(63-35-11-3-12-36-63,64-37-13-4-14-38-64)69-55-62(56-70(57-69)88(65-39-15-5-16-40-65,66-41-17-6-18-42-66)68-44-28-34-61(54-68)59-31-9-2-10-32-59)79-82-80(85-75-49-23-19-45-71(75)72-46-20-24-50-76(72)85)84-81(83-79)86-77-51-25-21-47-73(77)74-48-22-26-52-78(74)86/h1-57H/i1D,2D,3D,4D,5D,6D,7D,8D,9D,10D,11D,12D,13D,14D,15D,16D,17D,18D,19D,20D,21D,22D,23D,24D,25D,26D,27D,28D,29D,30D,31D,32D,33D,34D,35D,36D,37D,38D,39D,40D,41D,42D,43D,44D,45D,46D,47D,48D,49D,50D,51D,52D,53D,54D,55D,56D,57D. The van der Waals surface area contributed by atoms with Gasteiger partial charge in [0, 0.05) is 27.1 Å². The van der Waals surface area contributed by atoms with Crippen LogP contribution in [0.4, 0.5) is 0 Å². The number of rotatable bonds is 13. The topological polar surface area (TPSA) is 48.5 Å². The highest BCUT2D eigenvalue weighted by Gasteiger charge is 2.46. The van der Waals surface area contributed by atoms with Crippen LogP contribution in [0, 0.1) is 0 Å². The van der Waals surface area contributed by atoms with Crippen molar-refractivity contribution in [2.45, 2.75) is 0 Å². The van der Waals surface area contributed by atoms with Gasteiger partial charge in [0.1, 0.15) is 0 Å².